The van der Waals surface area contributed by atoms with Crippen LogP contribution in [0, 0.1) is 10.8 Å². The van der Waals surface area contributed by atoms with E-state index in [1.165, 1.54) is 6.66 Å². The fraction of sp³-hybridized carbons (Fsp3) is 1.00. The van der Waals surface area contributed by atoms with Crippen molar-refractivity contribution in [2.45, 2.75) is 105 Å². The highest BCUT2D eigenvalue weighted by atomic mass is 31.2. The predicted molar refractivity (Wildman–Crippen MR) is 133 cm³/mol. The molecule has 10 heteroatoms. The summed E-state index contributed by atoms with van der Waals surface area (Å²) >= 11 is 0. The van der Waals surface area contributed by atoms with Crippen LogP contribution in [0.4, 0.5) is 0 Å². The van der Waals surface area contributed by atoms with E-state index in [1.54, 1.807) is 0 Å². The molecule has 0 bridgehead atoms. The lowest BCUT2D eigenvalue weighted by molar-refractivity contribution is 0.0944. The van der Waals surface area contributed by atoms with Crippen molar-refractivity contribution in [3.05, 3.63) is 0 Å². The minimum atomic E-state index is -4.37. The Hall–Kier alpha value is 0.220. The van der Waals surface area contributed by atoms with E-state index in [-0.39, 0.29) is 17.4 Å². The second kappa shape index (κ2) is 16.8. The number of phosphoric ester groups is 1. The van der Waals surface area contributed by atoms with Crippen molar-refractivity contribution >= 4 is 15.4 Å². The van der Waals surface area contributed by atoms with E-state index in [2.05, 4.69) is 32.2 Å². The van der Waals surface area contributed by atoms with Crippen molar-refractivity contribution in [3.63, 3.8) is 0 Å². The van der Waals surface area contributed by atoms with Gasteiger partial charge in [0.05, 0.1) is 13.2 Å². The van der Waals surface area contributed by atoms with E-state index in [4.69, 9.17) is 19.0 Å². The first-order valence-corrected chi connectivity index (χ1v) is 16.1. The van der Waals surface area contributed by atoms with Crippen molar-refractivity contribution in [2.75, 3.05) is 33.1 Å². The quantitative estimate of drug-likeness (QED) is 0.108. The summed E-state index contributed by atoms with van der Waals surface area (Å²) in [5.74, 6) is 0. The Kier molecular flexibility index (Phi) is 16.9. The average molecular weight is 517 g/mol. The standard InChI is InChI=1S/C23H50O8P2/c1-6-22(7-2,17-14-20-30-33(26,27)28)15-10-12-18-29-19-13-11-16-23(8-3,9-4)21-31-32(5,24)25/h6-21H2,1-5H3,(H,24,25)(H2,26,27,28). The summed E-state index contributed by atoms with van der Waals surface area (Å²) in [5, 5.41) is 0. The Labute approximate surface area is 202 Å². The van der Waals surface area contributed by atoms with Crippen molar-refractivity contribution in [2.24, 2.45) is 10.8 Å². The van der Waals surface area contributed by atoms with Crippen LogP contribution in [0.1, 0.15) is 105 Å². The summed E-state index contributed by atoms with van der Waals surface area (Å²) in [6.07, 6.45) is 11.6. The first kappa shape index (κ1) is 33.2. The van der Waals surface area contributed by atoms with Gasteiger partial charge in [0, 0.05) is 19.9 Å². The van der Waals surface area contributed by atoms with Gasteiger partial charge in [-0.25, -0.2) is 4.57 Å². The third-order valence-electron chi connectivity index (χ3n) is 7.21. The van der Waals surface area contributed by atoms with Gasteiger partial charge in [-0.05, 0) is 62.2 Å². The van der Waals surface area contributed by atoms with Crippen LogP contribution in [0.5, 0.6) is 0 Å². The molecule has 0 aromatic heterocycles. The molecule has 0 fully saturated rings. The monoisotopic (exact) mass is 516 g/mol. The maximum atomic E-state index is 11.5. The van der Waals surface area contributed by atoms with Crippen LogP contribution in [0.15, 0.2) is 0 Å². The smallest absolute Gasteiger partial charge is 0.381 e. The zero-order valence-electron chi connectivity index (χ0n) is 21.6. The van der Waals surface area contributed by atoms with Crippen molar-refractivity contribution in [1.29, 1.82) is 0 Å². The van der Waals surface area contributed by atoms with Crippen LogP contribution in [0.25, 0.3) is 0 Å². The Morgan fingerprint density at radius 1 is 0.636 bits per heavy atom. The molecule has 8 nitrogen and oxygen atoms in total. The fourth-order valence-electron chi connectivity index (χ4n) is 4.36. The Balaban J connectivity index is 4.08. The van der Waals surface area contributed by atoms with Gasteiger partial charge in [0.1, 0.15) is 0 Å². The van der Waals surface area contributed by atoms with Gasteiger partial charge in [0.25, 0.3) is 0 Å². The van der Waals surface area contributed by atoms with Gasteiger partial charge >= 0.3 is 15.4 Å². The molecule has 0 amide bonds. The van der Waals surface area contributed by atoms with E-state index in [0.29, 0.717) is 13.0 Å². The number of hydrogen-bond acceptors (Lipinski definition) is 5. The molecule has 200 valence electrons. The number of phosphoric acid groups is 1. The lowest BCUT2D eigenvalue weighted by Gasteiger charge is -2.32. The lowest BCUT2D eigenvalue weighted by Crippen LogP contribution is -2.25. The zero-order valence-corrected chi connectivity index (χ0v) is 23.4. The van der Waals surface area contributed by atoms with Crippen molar-refractivity contribution in [3.8, 4) is 0 Å². The van der Waals surface area contributed by atoms with Gasteiger partial charge in [-0.15, -0.1) is 0 Å². The lowest BCUT2D eigenvalue weighted by atomic mass is 9.74. The molecule has 0 radical (unpaired) electrons. The molecule has 0 rings (SSSR count). The Morgan fingerprint density at radius 2 is 1.09 bits per heavy atom. The SMILES string of the molecule is CCC(CC)(CCCCOCCCCC(CC)(CC)COP(C)(=O)O)CCCOP(=O)(O)O. The van der Waals surface area contributed by atoms with Gasteiger partial charge in [-0.1, -0.05) is 53.4 Å². The van der Waals surface area contributed by atoms with Crippen LogP contribution in [-0.2, 0) is 22.9 Å². The second-order valence-corrected chi connectivity index (χ2v) is 12.5. The van der Waals surface area contributed by atoms with Crippen LogP contribution in [0.3, 0.4) is 0 Å². The first-order chi connectivity index (χ1) is 15.4. The van der Waals surface area contributed by atoms with Crippen LogP contribution >= 0.6 is 15.4 Å². The summed E-state index contributed by atoms with van der Waals surface area (Å²) in [7, 11) is -7.82. The summed E-state index contributed by atoms with van der Waals surface area (Å²) < 4.78 is 37.9. The molecule has 0 aliphatic rings. The summed E-state index contributed by atoms with van der Waals surface area (Å²) in [6, 6.07) is 0. The fourth-order valence-corrected chi connectivity index (χ4v) is 5.24. The van der Waals surface area contributed by atoms with E-state index in [0.717, 1.165) is 83.8 Å². The number of rotatable bonds is 22. The molecule has 0 aliphatic heterocycles. The maximum absolute atomic E-state index is 11.5. The molecule has 0 spiro atoms. The van der Waals surface area contributed by atoms with Crippen LogP contribution in [0.2, 0.25) is 0 Å². The molecule has 0 saturated carbocycles. The van der Waals surface area contributed by atoms with Crippen molar-refractivity contribution < 1.29 is 37.6 Å². The van der Waals surface area contributed by atoms with Gasteiger partial charge in [0.2, 0.25) is 0 Å². The summed E-state index contributed by atoms with van der Waals surface area (Å²) in [4.78, 5) is 27.0. The van der Waals surface area contributed by atoms with E-state index < -0.39 is 15.4 Å². The molecular formula is C23H50O8P2. The minimum Gasteiger partial charge on any atom is -0.381 e. The van der Waals surface area contributed by atoms with E-state index >= 15 is 0 Å². The number of unbranched alkanes of at least 4 members (excludes halogenated alkanes) is 2. The third-order valence-corrected chi connectivity index (χ3v) is 8.34. The van der Waals surface area contributed by atoms with Gasteiger partial charge in [-0.2, -0.15) is 0 Å². The molecule has 3 N–H and O–H groups in total. The third kappa shape index (κ3) is 16.5. The zero-order chi connectivity index (χ0) is 25.4. The topological polar surface area (TPSA) is 123 Å². The normalized spacial score (nSPS) is 15.0. The molecule has 0 aromatic carbocycles. The van der Waals surface area contributed by atoms with E-state index in [1.807, 2.05) is 0 Å². The highest BCUT2D eigenvalue weighted by molar-refractivity contribution is 7.51. The van der Waals surface area contributed by atoms with E-state index in [9.17, 15) is 14.0 Å². The number of ether oxygens (including phenoxy) is 1. The van der Waals surface area contributed by atoms with Crippen LogP contribution < -0.4 is 0 Å². The molecule has 1 unspecified atom stereocenters. The highest BCUT2D eigenvalue weighted by Crippen LogP contribution is 2.42. The largest absolute Gasteiger partial charge is 0.469 e. The van der Waals surface area contributed by atoms with Gasteiger partial charge < -0.3 is 23.9 Å². The second-order valence-electron chi connectivity index (χ2n) is 9.44. The number of hydrogen-bond donors (Lipinski definition) is 3. The van der Waals surface area contributed by atoms with Crippen molar-refractivity contribution in [1.82, 2.24) is 0 Å². The van der Waals surface area contributed by atoms with Gasteiger partial charge in [-0.3, -0.25) is 9.09 Å². The molecule has 0 heterocycles. The minimum absolute atomic E-state index is 0.0473. The summed E-state index contributed by atoms with van der Waals surface area (Å²) in [5.41, 5.74) is 0.148. The molecular weight excluding hydrogens is 466 g/mol. The molecule has 33 heavy (non-hydrogen) atoms. The molecule has 0 aromatic rings. The van der Waals surface area contributed by atoms with Crippen LogP contribution in [-0.4, -0.2) is 47.8 Å². The molecule has 0 saturated heterocycles. The Morgan fingerprint density at radius 3 is 1.52 bits per heavy atom. The molecule has 1 atom stereocenters. The first-order valence-electron chi connectivity index (χ1n) is 12.6. The molecule has 0 aliphatic carbocycles. The average Bonchev–Trinajstić information content (AvgIpc) is 2.75. The Bertz CT molecular complexity index is 579. The predicted octanol–water partition coefficient (Wildman–Crippen LogP) is 6.68. The maximum Gasteiger partial charge on any atom is 0.469 e. The summed E-state index contributed by atoms with van der Waals surface area (Å²) in [6.45, 7) is 11.7. The van der Waals surface area contributed by atoms with Gasteiger partial charge in [0.15, 0.2) is 0 Å². The highest BCUT2D eigenvalue weighted by Gasteiger charge is 2.29.